The number of hydrogen-bond acceptors (Lipinski definition) is 4. The first-order valence-corrected chi connectivity index (χ1v) is 10.8. The predicted octanol–water partition coefficient (Wildman–Crippen LogP) is 4.53. The van der Waals surface area contributed by atoms with Crippen molar-refractivity contribution in [3.8, 4) is 5.75 Å². The summed E-state index contributed by atoms with van der Waals surface area (Å²) in [7, 11) is 0. The molecule has 0 saturated heterocycles. The minimum Gasteiger partial charge on any atom is -0.493 e. The molecule has 0 radical (unpaired) electrons. The van der Waals surface area contributed by atoms with Crippen molar-refractivity contribution in [2.24, 2.45) is 11.0 Å². The second kappa shape index (κ2) is 11.1. The molecular formula is C26H29N3O3. The van der Waals surface area contributed by atoms with E-state index in [9.17, 15) is 9.59 Å². The number of hydrogen-bond donors (Lipinski definition) is 2. The minimum atomic E-state index is -0.719. The van der Waals surface area contributed by atoms with Gasteiger partial charge in [-0.25, -0.2) is 5.43 Å². The van der Waals surface area contributed by atoms with E-state index in [1.54, 1.807) is 30.5 Å². The molecule has 32 heavy (non-hydrogen) atoms. The van der Waals surface area contributed by atoms with Crippen LogP contribution in [0.3, 0.4) is 0 Å². The Hall–Kier alpha value is -3.67. The largest absolute Gasteiger partial charge is 0.493 e. The lowest BCUT2D eigenvalue weighted by Crippen LogP contribution is -2.48. The second-order valence-corrected chi connectivity index (χ2v) is 7.84. The first-order chi connectivity index (χ1) is 15.5. The van der Waals surface area contributed by atoms with Crippen molar-refractivity contribution < 1.29 is 14.3 Å². The molecule has 166 valence electrons. The van der Waals surface area contributed by atoms with Crippen molar-refractivity contribution in [3.05, 3.63) is 77.9 Å². The fraction of sp³-hybridized carbons (Fsp3) is 0.269. The Kier molecular flexibility index (Phi) is 7.97. The van der Waals surface area contributed by atoms with Gasteiger partial charge in [0.15, 0.2) is 0 Å². The minimum absolute atomic E-state index is 0.112. The van der Waals surface area contributed by atoms with Gasteiger partial charge in [-0.15, -0.1) is 0 Å². The van der Waals surface area contributed by atoms with Crippen LogP contribution in [0.25, 0.3) is 10.8 Å². The van der Waals surface area contributed by atoms with Gasteiger partial charge in [-0.1, -0.05) is 69.3 Å². The Bertz CT molecular complexity index is 1090. The van der Waals surface area contributed by atoms with E-state index in [0.29, 0.717) is 17.9 Å². The van der Waals surface area contributed by atoms with Gasteiger partial charge in [0.2, 0.25) is 0 Å². The van der Waals surface area contributed by atoms with Gasteiger partial charge in [0.05, 0.1) is 12.8 Å². The summed E-state index contributed by atoms with van der Waals surface area (Å²) >= 11 is 0. The number of carbonyl (C=O) groups is 2. The van der Waals surface area contributed by atoms with Crippen LogP contribution in [0.2, 0.25) is 0 Å². The summed E-state index contributed by atoms with van der Waals surface area (Å²) in [6, 6.07) is 20.0. The van der Waals surface area contributed by atoms with Gasteiger partial charge in [0.1, 0.15) is 11.8 Å². The van der Waals surface area contributed by atoms with Gasteiger partial charge in [-0.05, 0) is 41.3 Å². The molecule has 6 nitrogen and oxygen atoms in total. The topological polar surface area (TPSA) is 79.8 Å². The molecule has 0 aliphatic carbocycles. The highest BCUT2D eigenvalue weighted by Gasteiger charge is 2.24. The number of nitrogens with one attached hydrogen (secondary N) is 2. The van der Waals surface area contributed by atoms with E-state index in [-0.39, 0.29) is 17.7 Å². The molecule has 1 atom stereocenters. The maximum atomic E-state index is 12.8. The van der Waals surface area contributed by atoms with Gasteiger partial charge in [-0.2, -0.15) is 5.10 Å². The van der Waals surface area contributed by atoms with Crippen LogP contribution in [0.1, 0.15) is 43.1 Å². The molecule has 0 aliphatic rings. The molecule has 1 unspecified atom stereocenters. The fourth-order valence-electron chi connectivity index (χ4n) is 3.33. The van der Waals surface area contributed by atoms with Crippen molar-refractivity contribution in [1.29, 1.82) is 0 Å². The third kappa shape index (κ3) is 5.72. The van der Waals surface area contributed by atoms with Crippen molar-refractivity contribution in [2.45, 2.75) is 33.2 Å². The Morgan fingerprint density at radius 2 is 1.72 bits per heavy atom. The summed E-state index contributed by atoms with van der Waals surface area (Å²) in [5, 5.41) is 9.03. The summed E-state index contributed by atoms with van der Waals surface area (Å²) < 4.78 is 5.88. The molecule has 0 saturated carbocycles. The highest BCUT2D eigenvalue weighted by molar-refractivity contribution is 6.03. The van der Waals surface area contributed by atoms with Crippen LogP contribution in [0.5, 0.6) is 5.75 Å². The number of carbonyl (C=O) groups excluding carboxylic acids is 2. The van der Waals surface area contributed by atoms with E-state index in [4.69, 9.17) is 4.74 Å². The molecule has 0 bridgehead atoms. The Balaban J connectivity index is 1.77. The number of nitrogens with zero attached hydrogens (tertiary/aromatic N) is 1. The lowest BCUT2D eigenvalue weighted by atomic mass is 10.0. The van der Waals surface area contributed by atoms with E-state index in [2.05, 4.69) is 15.8 Å². The maximum absolute atomic E-state index is 12.8. The van der Waals surface area contributed by atoms with Crippen LogP contribution in [-0.2, 0) is 4.79 Å². The summed E-state index contributed by atoms with van der Waals surface area (Å²) in [6.45, 7) is 6.39. The lowest BCUT2D eigenvalue weighted by Gasteiger charge is -2.20. The van der Waals surface area contributed by atoms with Gasteiger partial charge in [-0.3, -0.25) is 9.59 Å². The van der Waals surface area contributed by atoms with E-state index in [1.807, 2.05) is 63.2 Å². The zero-order valence-corrected chi connectivity index (χ0v) is 18.7. The van der Waals surface area contributed by atoms with Gasteiger partial charge in [0, 0.05) is 11.1 Å². The highest BCUT2D eigenvalue weighted by Crippen LogP contribution is 2.26. The fourth-order valence-corrected chi connectivity index (χ4v) is 3.33. The van der Waals surface area contributed by atoms with E-state index in [1.165, 1.54) is 0 Å². The van der Waals surface area contributed by atoms with Crippen LogP contribution in [0.15, 0.2) is 71.8 Å². The van der Waals surface area contributed by atoms with Crippen LogP contribution >= 0.6 is 0 Å². The molecule has 2 N–H and O–H groups in total. The monoisotopic (exact) mass is 431 g/mol. The van der Waals surface area contributed by atoms with E-state index >= 15 is 0 Å². The van der Waals surface area contributed by atoms with Crippen molar-refractivity contribution >= 4 is 28.8 Å². The summed E-state index contributed by atoms with van der Waals surface area (Å²) in [6.07, 6.45) is 2.49. The number of fused-ring (bicyclic) bond motifs is 1. The second-order valence-electron chi connectivity index (χ2n) is 7.84. The van der Waals surface area contributed by atoms with Crippen molar-refractivity contribution in [2.75, 3.05) is 6.61 Å². The SMILES string of the molecule is CCCOc1ccc2ccccc2c1C=NNC(=O)C(NC(=O)c1ccccc1)C(C)C. The molecular weight excluding hydrogens is 402 g/mol. The number of amides is 2. The highest BCUT2D eigenvalue weighted by atomic mass is 16.5. The molecule has 6 heteroatoms. The zero-order valence-electron chi connectivity index (χ0n) is 18.7. The molecule has 3 aromatic rings. The van der Waals surface area contributed by atoms with E-state index in [0.717, 1.165) is 22.8 Å². The van der Waals surface area contributed by atoms with Gasteiger partial charge < -0.3 is 10.1 Å². The Morgan fingerprint density at radius 3 is 2.44 bits per heavy atom. The van der Waals surface area contributed by atoms with Crippen LogP contribution in [0.4, 0.5) is 0 Å². The van der Waals surface area contributed by atoms with Crippen LogP contribution in [-0.4, -0.2) is 30.7 Å². The smallest absolute Gasteiger partial charge is 0.262 e. The number of ether oxygens (including phenoxy) is 1. The quantitative estimate of drug-likeness (QED) is 0.386. The Morgan fingerprint density at radius 1 is 1.00 bits per heavy atom. The average Bonchev–Trinajstić information content (AvgIpc) is 2.81. The maximum Gasteiger partial charge on any atom is 0.262 e. The molecule has 0 aromatic heterocycles. The first kappa shape index (κ1) is 23.0. The summed E-state index contributed by atoms with van der Waals surface area (Å²) in [5.74, 6) is -0.0789. The van der Waals surface area contributed by atoms with E-state index < -0.39 is 6.04 Å². The lowest BCUT2D eigenvalue weighted by molar-refractivity contribution is -0.123. The molecule has 0 fully saturated rings. The number of hydrazone groups is 1. The summed E-state index contributed by atoms with van der Waals surface area (Å²) in [5.41, 5.74) is 3.88. The number of benzene rings is 3. The molecule has 2 amide bonds. The van der Waals surface area contributed by atoms with Gasteiger partial charge in [0.25, 0.3) is 11.8 Å². The normalized spacial score (nSPS) is 12.1. The standard InChI is InChI=1S/C26H29N3O3/c1-4-16-32-23-15-14-19-10-8-9-13-21(19)22(23)17-27-29-26(31)24(18(2)3)28-25(30)20-11-6-5-7-12-20/h5-15,17-18,24H,4,16H2,1-3H3,(H,28,30)(H,29,31). The molecule has 3 rings (SSSR count). The summed E-state index contributed by atoms with van der Waals surface area (Å²) in [4.78, 5) is 25.3. The molecule has 0 spiro atoms. The van der Waals surface area contributed by atoms with Crippen molar-refractivity contribution in [3.63, 3.8) is 0 Å². The average molecular weight is 432 g/mol. The molecule has 0 heterocycles. The van der Waals surface area contributed by atoms with Crippen molar-refractivity contribution in [1.82, 2.24) is 10.7 Å². The third-order valence-electron chi connectivity index (χ3n) is 5.03. The third-order valence-corrected chi connectivity index (χ3v) is 5.03. The predicted molar refractivity (Wildman–Crippen MR) is 128 cm³/mol. The van der Waals surface area contributed by atoms with Gasteiger partial charge >= 0.3 is 0 Å². The number of rotatable bonds is 9. The molecule has 3 aromatic carbocycles. The Labute approximate surface area is 188 Å². The zero-order chi connectivity index (χ0) is 22.9. The van der Waals surface area contributed by atoms with Crippen LogP contribution in [0, 0.1) is 5.92 Å². The first-order valence-electron chi connectivity index (χ1n) is 10.8. The van der Waals surface area contributed by atoms with Crippen LogP contribution < -0.4 is 15.5 Å². The molecule has 0 aliphatic heterocycles.